The number of fused-ring (bicyclic) bond motifs is 3. The average Bonchev–Trinajstić information content (AvgIpc) is 3.54. The standard InChI is InChI=1S/C27H24FN3O4/c1-2-25-30-20-9-6-16(28)11-23(20)31(25)22-5-3-4-19-21(14-35-27(19)22)29-17-7-8-18-15(10-17)13-34-24(18)12-26(32)33/h3-11,21,24,29H,2,12-14H2,1H3,(H,32,33)/t21-,24+/m1/s1. The van der Waals surface area contributed by atoms with Crippen LogP contribution in [-0.2, 0) is 22.6 Å². The van der Waals surface area contributed by atoms with Crippen molar-refractivity contribution in [1.82, 2.24) is 9.55 Å². The van der Waals surface area contributed by atoms with Crippen LogP contribution in [0.1, 0.15) is 48.0 Å². The molecule has 6 rings (SSSR count). The molecule has 4 aromatic rings. The van der Waals surface area contributed by atoms with Crippen molar-refractivity contribution < 1.29 is 23.8 Å². The van der Waals surface area contributed by atoms with Crippen molar-refractivity contribution in [1.29, 1.82) is 0 Å². The Bertz CT molecular complexity index is 1460. The van der Waals surface area contributed by atoms with Crippen LogP contribution in [0.25, 0.3) is 16.7 Å². The molecule has 2 aliphatic heterocycles. The zero-order valence-corrected chi connectivity index (χ0v) is 19.1. The second-order valence-electron chi connectivity index (χ2n) is 8.86. The molecule has 1 aromatic heterocycles. The van der Waals surface area contributed by atoms with E-state index in [1.54, 1.807) is 6.07 Å². The minimum absolute atomic E-state index is 0.0427. The van der Waals surface area contributed by atoms with Crippen LogP contribution in [-0.4, -0.2) is 27.2 Å². The summed E-state index contributed by atoms with van der Waals surface area (Å²) in [7, 11) is 0. The summed E-state index contributed by atoms with van der Waals surface area (Å²) in [5.74, 6) is 0.420. The normalized spacial score (nSPS) is 18.3. The first-order chi connectivity index (χ1) is 17.0. The summed E-state index contributed by atoms with van der Waals surface area (Å²) < 4.78 is 27.9. The number of carboxylic acids is 1. The van der Waals surface area contributed by atoms with Crippen molar-refractivity contribution >= 4 is 22.7 Å². The number of para-hydroxylation sites is 1. The lowest BCUT2D eigenvalue weighted by molar-refractivity contribution is -0.140. The summed E-state index contributed by atoms with van der Waals surface area (Å²) in [5, 5.41) is 12.7. The van der Waals surface area contributed by atoms with Gasteiger partial charge in [-0.3, -0.25) is 9.36 Å². The number of benzene rings is 3. The van der Waals surface area contributed by atoms with Gasteiger partial charge >= 0.3 is 5.97 Å². The maximum absolute atomic E-state index is 14.1. The van der Waals surface area contributed by atoms with Gasteiger partial charge in [0.1, 0.15) is 24.0 Å². The Kier molecular flexibility index (Phi) is 5.18. The molecule has 7 nitrogen and oxygen atoms in total. The average molecular weight is 474 g/mol. The molecule has 35 heavy (non-hydrogen) atoms. The number of aromatic nitrogens is 2. The minimum atomic E-state index is -0.875. The first-order valence-corrected chi connectivity index (χ1v) is 11.7. The van der Waals surface area contributed by atoms with Gasteiger partial charge in [-0.25, -0.2) is 9.37 Å². The van der Waals surface area contributed by atoms with Crippen molar-refractivity contribution in [3.05, 3.63) is 82.9 Å². The second-order valence-corrected chi connectivity index (χ2v) is 8.86. The Labute approximate surface area is 201 Å². The van der Waals surface area contributed by atoms with Crippen LogP contribution in [0.4, 0.5) is 10.1 Å². The highest BCUT2D eigenvalue weighted by Crippen LogP contribution is 2.41. The first-order valence-electron chi connectivity index (χ1n) is 11.7. The fraction of sp³-hybridized carbons (Fsp3) is 0.259. The number of rotatable bonds is 6. The van der Waals surface area contributed by atoms with E-state index < -0.39 is 12.1 Å². The van der Waals surface area contributed by atoms with Crippen molar-refractivity contribution in [2.45, 2.75) is 38.5 Å². The summed E-state index contributed by atoms with van der Waals surface area (Å²) in [5.41, 5.74) is 6.15. The molecular weight excluding hydrogens is 449 g/mol. The highest BCUT2D eigenvalue weighted by Gasteiger charge is 2.30. The second kappa shape index (κ2) is 8.39. The van der Waals surface area contributed by atoms with E-state index in [0.29, 0.717) is 25.2 Å². The van der Waals surface area contributed by atoms with Gasteiger partial charge in [-0.05, 0) is 41.5 Å². The minimum Gasteiger partial charge on any atom is -0.489 e. The number of nitrogens with zero attached hydrogens (tertiary/aromatic N) is 2. The number of ether oxygens (including phenoxy) is 2. The quantitative estimate of drug-likeness (QED) is 0.394. The molecular formula is C27H24FN3O4. The SMILES string of the molecule is CCc1nc2ccc(F)cc2n1-c1cccc2c1OC[C@H]2Nc1ccc2c(c1)CO[C@H]2CC(=O)O. The van der Waals surface area contributed by atoms with E-state index in [9.17, 15) is 9.18 Å². The largest absolute Gasteiger partial charge is 0.489 e. The van der Waals surface area contributed by atoms with Crippen LogP contribution < -0.4 is 10.1 Å². The maximum atomic E-state index is 14.1. The molecule has 0 saturated heterocycles. The third kappa shape index (κ3) is 3.70. The van der Waals surface area contributed by atoms with Crippen LogP contribution in [0.5, 0.6) is 5.75 Å². The molecule has 178 valence electrons. The van der Waals surface area contributed by atoms with Gasteiger partial charge in [0.2, 0.25) is 0 Å². The van der Waals surface area contributed by atoms with Crippen molar-refractivity contribution in [3.8, 4) is 11.4 Å². The lowest BCUT2D eigenvalue weighted by atomic mass is 10.0. The topological polar surface area (TPSA) is 85.6 Å². The number of carboxylic acid groups (broad SMARTS) is 1. The number of aryl methyl sites for hydroxylation is 1. The fourth-order valence-electron chi connectivity index (χ4n) is 5.07. The molecule has 3 heterocycles. The molecule has 0 amide bonds. The van der Waals surface area contributed by atoms with E-state index in [1.165, 1.54) is 12.1 Å². The van der Waals surface area contributed by atoms with Crippen LogP contribution in [0.3, 0.4) is 0 Å². The number of carbonyl (C=O) groups is 1. The van der Waals surface area contributed by atoms with E-state index in [-0.39, 0.29) is 18.3 Å². The Hall–Kier alpha value is -3.91. The van der Waals surface area contributed by atoms with E-state index in [0.717, 1.165) is 45.2 Å². The van der Waals surface area contributed by atoms with Crippen LogP contribution in [0.15, 0.2) is 54.6 Å². The molecule has 2 aliphatic rings. The van der Waals surface area contributed by atoms with Crippen molar-refractivity contribution in [2.24, 2.45) is 0 Å². The number of imidazole rings is 1. The zero-order chi connectivity index (χ0) is 24.1. The Morgan fingerprint density at radius 2 is 2.09 bits per heavy atom. The van der Waals surface area contributed by atoms with E-state index >= 15 is 0 Å². The molecule has 0 bridgehead atoms. The third-order valence-corrected chi connectivity index (χ3v) is 6.67. The van der Waals surface area contributed by atoms with Crippen LogP contribution in [0, 0.1) is 5.82 Å². The number of aliphatic carboxylic acids is 1. The molecule has 0 aliphatic carbocycles. The highest BCUT2D eigenvalue weighted by molar-refractivity contribution is 5.79. The van der Waals surface area contributed by atoms with Gasteiger partial charge in [0.25, 0.3) is 0 Å². The van der Waals surface area contributed by atoms with Gasteiger partial charge in [0, 0.05) is 23.7 Å². The predicted octanol–water partition coefficient (Wildman–Crippen LogP) is 5.32. The fourth-order valence-corrected chi connectivity index (χ4v) is 5.07. The summed E-state index contributed by atoms with van der Waals surface area (Å²) >= 11 is 0. The lowest BCUT2D eigenvalue weighted by Gasteiger charge is -2.15. The smallest absolute Gasteiger partial charge is 0.306 e. The summed E-state index contributed by atoms with van der Waals surface area (Å²) in [6.07, 6.45) is 0.248. The predicted molar refractivity (Wildman–Crippen MR) is 128 cm³/mol. The molecule has 0 spiro atoms. The van der Waals surface area contributed by atoms with E-state index in [1.807, 2.05) is 47.9 Å². The molecule has 0 radical (unpaired) electrons. The van der Waals surface area contributed by atoms with Gasteiger partial charge in [-0.15, -0.1) is 0 Å². The van der Waals surface area contributed by atoms with Gasteiger partial charge < -0.3 is 19.9 Å². The maximum Gasteiger partial charge on any atom is 0.306 e. The number of hydrogen-bond acceptors (Lipinski definition) is 5. The molecule has 0 saturated carbocycles. The van der Waals surface area contributed by atoms with Gasteiger partial charge in [0.15, 0.2) is 0 Å². The molecule has 0 fully saturated rings. The Morgan fingerprint density at radius 1 is 1.20 bits per heavy atom. The molecule has 8 heteroatoms. The van der Waals surface area contributed by atoms with Crippen LogP contribution in [0.2, 0.25) is 0 Å². The molecule has 2 atom stereocenters. The van der Waals surface area contributed by atoms with Crippen molar-refractivity contribution in [2.75, 3.05) is 11.9 Å². The third-order valence-electron chi connectivity index (χ3n) is 6.67. The van der Waals surface area contributed by atoms with Gasteiger partial charge in [-0.2, -0.15) is 0 Å². The van der Waals surface area contributed by atoms with E-state index in [2.05, 4.69) is 5.32 Å². The Balaban J connectivity index is 1.33. The summed E-state index contributed by atoms with van der Waals surface area (Å²) in [6, 6.07) is 16.5. The van der Waals surface area contributed by atoms with Crippen molar-refractivity contribution in [3.63, 3.8) is 0 Å². The summed E-state index contributed by atoms with van der Waals surface area (Å²) in [4.78, 5) is 15.8. The summed E-state index contributed by atoms with van der Waals surface area (Å²) in [6.45, 7) is 2.87. The Morgan fingerprint density at radius 3 is 2.91 bits per heavy atom. The number of anilines is 1. The molecule has 3 aromatic carbocycles. The van der Waals surface area contributed by atoms with Crippen LogP contribution >= 0.6 is 0 Å². The number of halogens is 1. The van der Waals surface area contributed by atoms with Gasteiger partial charge in [-0.1, -0.05) is 25.1 Å². The monoisotopic (exact) mass is 473 g/mol. The number of nitrogens with one attached hydrogen (secondary N) is 1. The lowest BCUT2D eigenvalue weighted by Crippen LogP contribution is -2.12. The number of hydrogen-bond donors (Lipinski definition) is 2. The highest BCUT2D eigenvalue weighted by atomic mass is 19.1. The molecule has 0 unspecified atom stereocenters. The first kappa shape index (κ1) is 21.6. The molecule has 2 N–H and O–H groups in total. The van der Waals surface area contributed by atoms with E-state index in [4.69, 9.17) is 19.6 Å². The zero-order valence-electron chi connectivity index (χ0n) is 19.1. The van der Waals surface area contributed by atoms with Gasteiger partial charge in [0.05, 0.1) is 41.9 Å².